The Morgan fingerprint density at radius 1 is 1.82 bits per heavy atom. The van der Waals surface area contributed by atoms with Gasteiger partial charge in [0.15, 0.2) is 0 Å². The summed E-state index contributed by atoms with van der Waals surface area (Å²) < 4.78 is 5.35. The van der Waals surface area contributed by atoms with Crippen LogP contribution in [0.2, 0.25) is 0 Å². The van der Waals surface area contributed by atoms with Crippen molar-refractivity contribution in [1.29, 1.82) is 0 Å². The summed E-state index contributed by atoms with van der Waals surface area (Å²) >= 11 is 0. The third-order valence-corrected chi connectivity index (χ3v) is 1.78. The van der Waals surface area contributed by atoms with E-state index in [1.807, 2.05) is 6.92 Å². The van der Waals surface area contributed by atoms with Crippen molar-refractivity contribution in [2.75, 3.05) is 26.2 Å². The summed E-state index contributed by atoms with van der Waals surface area (Å²) in [7, 11) is 0. The van der Waals surface area contributed by atoms with E-state index in [9.17, 15) is 4.79 Å². The van der Waals surface area contributed by atoms with Gasteiger partial charge in [-0.05, 0) is 6.92 Å². The third kappa shape index (κ3) is 2.17. The number of amides is 1. The topological polar surface area (TPSA) is 41.6 Å². The van der Waals surface area contributed by atoms with E-state index in [-0.39, 0.29) is 6.23 Å². The van der Waals surface area contributed by atoms with Gasteiger partial charge in [0.1, 0.15) is 6.23 Å². The van der Waals surface area contributed by atoms with E-state index < -0.39 is 0 Å². The molecule has 1 aliphatic heterocycles. The Morgan fingerprint density at radius 3 is 3.09 bits per heavy atom. The molecule has 64 valence electrons. The van der Waals surface area contributed by atoms with Crippen molar-refractivity contribution >= 4 is 6.41 Å². The second-order valence-electron chi connectivity index (χ2n) is 2.47. The lowest BCUT2D eigenvalue weighted by Crippen LogP contribution is -2.48. The molecule has 1 rings (SSSR count). The maximum absolute atomic E-state index is 10.5. The van der Waals surface area contributed by atoms with Gasteiger partial charge in [-0.3, -0.25) is 4.79 Å². The molecule has 1 saturated heterocycles. The van der Waals surface area contributed by atoms with E-state index in [1.165, 1.54) is 0 Å². The fourth-order valence-electron chi connectivity index (χ4n) is 1.11. The van der Waals surface area contributed by atoms with E-state index in [2.05, 4.69) is 5.32 Å². The first-order chi connectivity index (χ1) is 5.38. The van der Waals surface area contributed by atoms with Gasteiger partial charge in [0.25, 0.3) is 0 Å². The molecule has 1 amide bonds. The van der Waals surface area contributed by atoms with Gasteiger partial charge in [-0.15, -0.1) is 0 Å². The highest BCUT2D eigenvalue weighted by Gasteiger charge is 2.17. The minimum absolute atomic E-state index is 0.0637. The predicted molar refractivity (Wildman–Crippen MR) is 41.1 cm³/mol. The van der Waals surface area contributed by atoms with E-state index in [1.54, 1.807) is 4.90 Å². The molecule has 0 aliphatic carbocycles. The van der Waals surface area contributed by atoms with Gasteiger partial charge >= 0.3 is 0 Å². The summed E-state index contributed by atoms with van der Waals surface area (Å²) in [6.45, 7) is 4.96. The number of morpholine rings is 1. The Kier molecular flexibility index (Phi) is 3.32. The van der Waals surface area contributed by atoms with Crippen LogP contribution in [0.4, 0.5) is 0 Å². The Hall–Kier alpha value is -0.610. The van der Waals surface area contributed by atoms with E-state index >= 15 is 0 Å². The summed E-state index contributed by atoms with van der Waals surface area (Å²) in [5, 5.41) is 3.16. The molecule has 0 saturated carbocycles. The van der Waals surface area contributed by atoms with Crippen LogP contribution in [0.15, 0.2) is 0 Å². The fraction of sp³-hybridized carbons (Fsp3) is 0.857. The molecule has 0 spiro atoms. The maximum Gasteiger partial charge on any atom is 0.211 e. The van der Waals surface area contributed by atoms with Crippen LogP contribution in [0.3, 0.4) is 0 Å². The lowest BCUT2D eigenvalue weighted by molar-refractivity contribution is -0.134. The summed E-state index contributed by atoms with van der Waals surface area (Å²) in [6, 6.07) is 0. The quantitative estimate of drug-likeness (QED) is 0.558. The van der Waals surface area contributed by atoms with Gasteiger partial charge in [0.05, 0.1) is 6.61 Å². The van der Waals surface area contributed by atoms with Crippen LogP contribution in [0.25, 0.3) is 0 Å². The van der Waals surface area contributed by atoms with Crippen molar-refractivity contribution in [3.05, 3.63) is 0 Å². The smallest absolute Gasteiger partial charge is 0.211 e. The molecule has 1 aliphatic rings. The van der Waals surface area contributed by atoms with Gasteiger partial charge in [-0.1, -0.05) is 0 Å². The van der Waals surface area contributed by atoms with E-state index in [4.69, 9.17) is 4.74 Å². The monoisotopic (exact) mass is 158 g/mol. The zero-order valence-electron chi connectivity index (χ0n) is 6.75. The molecule has 0 radical (unpaired) electrons. The number of carbonyl (C=O) groups is 1. The van der Waals surface area contributed by atoms with Crippen molar-refractivity contribution in [3.63, 3.8) is 0 Å². The Bertz CT molecular complexity index is 124. The third-order valence-electron chi connectivity index (χ3n) is 1.78. The first kappa shape index (κ1) is 8.49. The Balaban J connectivity index is 2.35. The molecule has 4 nitrogen and oxygen atoms in total. The van der Waals surface area contributed by atoms with Crippen molar-refractivity contribution in [1.82, 2.24) is 10.2 Å². The molecule has 11 heavy (non-hydrogen) atoms. The number of ether oxygens (including phenoxy) is 1. The molecule has 0 bridgehead atoms. The summed E-state index contributed by atoms with van der Waals surface area (Å²) in [6.07, 6.45) is 0.767. The highest BCUT2D eigenvalue weighted by atomic mass is 16.5. The molecule has 1 fully saturated rings. The molecule has 4 heteroatoms. The second-order valence-corrected chi connectivity index (χ2v) is 2.47. The lowest BCUT2D eigenvalue weighted by Gasteiger charge is -2.30. The average Bonchev–Trinajstić information content (AvgIpc) is 2.09. The molecule has 1 N–H and O–H groups in total. The predicted octanol–water partition coefficient (Wildman–Crippen LogP) is -0.589. The Morgan fingerprint density at radius 2 is 2.64 bits per heavy atom. The minimum Gasteiger partial charge on any atom is -0.356 e. The number of rotatable bonds is 3. The maximum atomic E-state index is 10.5. The van der Waals surface area contributed by atoms with E-state index in [0.29, 0.717) is 13.2 Å². The first-order valence-electron chi connectivity index (χ1n) is 3.92. The fourth-order valence-corrected chi connectivity index (χ4v) is 1.11. The zero-order valence-corrected chi connectivity index (χ0v) is 6.75. The molecule has 1 atom stereocenters. The minimum atomic E-state index is -0.0637. The van der Waals surface area contributed by atoms with E-state index in [0.717, 1.165) is 19.5 Å². The summed E-state index contributed by atoms with van der Waals surface area (Å²) in [4.78, 5) is 12.1. The molecular formula is C7H14N2O2. The number of nitrogens with one attached hydrogen (secondary N) is 1. The van der Waals surface area contributed by atoms with Gasteiger partial charge in [-0.2, -0.15) is 0 Å². The first-order valence-corrected chi connectivity index (χ1v) is 3.92. The molecule has 0 aromatic heterocycles. The molecule has 0 aromatic carbocycles. The van der Waals surface area contributed by atoms with Gasteiger partial charge in [0.2, 0.25) is 6.41 Å². The zero-order chi connectivity index (χ0) is 8.10. The number of hydrogen-bond donors (Lipinski definition) is 1. The Labute approximate surface area is 66.5 Å². The van der Waals surface area contributed by atoms with Gasteiger partial charge < -0.3 is 15.0 Å². The van der Waals surface area contributed by atoms with Crippen molar-refractivity contribution < 1.29 is 9.53 Å². The van der Waals surface area contributed by atoms with Crippen LogP contribution in [0, 0.1) is 0 Å². The largest absolute Gasteiger partial charge is 0.356 e. The van der Waals surface area contributed by atoms with Crippen LogP contribution in [-0.4, -0.2) is 43.8 Å². The molecule has 1 unspecified atom stereocenters. The van der Waals surface area contributed by atoms with Crippen molar-refractivity contribution in [2.45, 2.75) is 13.2 Å². The average molecular weight is 158 g/mol. The van der Waals surface area contributed by atoms with Gasteiger partial charge in [-0.25, -0.2) is 0 Å². The lowest BCUT2D eigenvalue weighted by atomic mass is 10.4. The molecule has 1 heterocycles. The van der Waals surface area contributed by atoms with Crippen LogP contribution in [-0.2, 0) is 9.53 Å². The van der Waals surface area contributed by atoms with Crippen molar-refractivity contribution in [3.8, 4) is 0 Å². The standard InChI is InChI=1S/C7H14N2O2/c1-2-9(6-10)7-5-8-3-4-11-7/h6-8H,2-5H2,1H3. The summed E-state index contributed by atoms with van der Waals surface area (Å²) in [5.74, 6) is 0. The second kappa shape index (κ2) is 4.31. The van der Waals surface area contributed by atoms with Gasteiger partial charge in [0, 0.05) is 19.6 Å². The van der Waals surface area contributed by atoms with Crippen LogP contribution in [0.5, 0.6) is 0 Å². The normalized spacial score (nSPS) is 24.6. The number of hydrogen-bond acceptors (Lipinski definition) is 3. The number of carbonyl (C=O) groups excluding carboxylic acids is 1. The van der Waals surface area contributed by atoms with Crippen molar-refractivity contribution in [2.24, 2.45) is 0 Å². The summed E-state index contributed by atoms with van der Waals surface area (Å²) in [5.41, 5.74) is 0. The number of likely N-dealkylation sites (N-methyl/N-ethyl adjacent to an activating group) is 1. The molecular weight excluding hydrogens is 144 g/mol. The van der Waals surface area contributed by atoms with Crippen LogP contribution < -0.4 is 5.32 Å². The molecule has 0 aromatic rings. The van der Waals surface area contributed by atoms with Crippen LogP contribution in [0.1, 0.15) is 6.92 Å². The highest BCUT2D eigenvalue weighted by Crippen LogP contribution is 2.00. The SMILES string of the molecule is CCN(C=O)C1CNCCO1. The van der Waals surface area contributed by atoms with Crippen LogP contribution >= 0.6 is 0 Å². The highest BCUT2D eigenvalue weighted by molar-refractivity contribution is 5.47. The number of nitrogens with zero attached hydrogens (tertiary/aromatic N) is 1.